The zero-order valence-corrected chi connectivity index (χ0v) is 16.7. The van der Waals surface area contributed by atoms with Crippen molar-refractivity contribution in [2.45, 2.75) is 33.7 Å². The first-order chi connectivity index (χ1) is 12.5. The van der Waals surface area contributed by atoms with Gasteiger partial charge in [0, 0.05) is 39.3 Å². The smallest absolute Gasteiger partial charge is 0.191 e. The van der Waals surface area contributed by atoms with Crippen LogP contribution in [0.2, 0.25) is 0 Å². The lowest BCUT2D eigenvalue weighted by atomic mass is 10.1. The first-order valence-corrected chi connectivity index (χ1v) is 9.79. The second kappa shape index (κ2) is 10.5. The van der Waals surface area contributed by atoms with Crippen molar-refractivity contribution in [3.63, 3.8) is 0 Å². The van der Waals surface area contributed by atoms with Crippen molar-refractivity contribution in [3.8, 4) is 0 Å². The molecule has 146 valence electrons. The van der Waals surface area contributed by atoms with Gasteiger partial charge >= 0.3 is 0 Å². The standard InChI is InChI=1S/C20H34FN5/c1-5-22-20(23-9-10-26-13-11-25(6-2)12-14-26)24-17(4)18-8-7-16(3)19(21)15-18/h7-8,15,17H,5-6,9-14H2,1-4H3,(H2,22,23,24). The summed E-state index contributed by atoms with van der Waals surface area (Å²) in [6, 6.07) is 5.38. The van der Waals surface area contributed by atoms with Gasteiger partial charge in [-0.25, -0.2) is 4.39 Å². The molecule has 1 saturated heterocycles. The van der Waals surface area contributed by atoms with E-state index in [2.05, 4.69) is 34.3 Å². The average Bonchev–Trinajstić information content (AvgIpc) is 2.64. The highest BCUT2D eigenvalue weighted by molar-refractivity contribution is 5.80. The number of benzene rings is 1. The maximum Gasteiger partial charge on any atom is 0.191 e. The lowest BCUT2D eigenvalue weighted by Crippen LogP contribution is -2.47. The lowest BCUT2D eigenvalue weighted by Gasteiger charge is -2.33. The summed E-state index contributed by atoms with van der Waals surface area (Å²) in [5.74, 6) is 0.623. The minimum atomic E-state index is -0.163. The number of aryl methyl sites for hydroxylation is 1. The molecule has 2 N–H and O–H groups in total. The van der Waals surface area contributed by atoms with Crippen LogP contribution in [0.1, 0.15) is 37.9 Å². The summed E-state index contributed by atoms with van der Waals surface area (Å²) < 4.78 is 13.8. The summed E-state index contributed by atoms with van der Waals surface area (Å²) >= 11 is 0. The zero-order valence-electron chi connectivity index (χ0n) is 16.7. The fourth-order valence-electron chi connectivity index (χ4n) is 3.12. The van der Waals surface area contributed by atoms with Gasteiger partial charge in [-0.2, -0.15) is 0 Å². The van der Waals surface area contributed by atoms with Crippen molar-refractivity contribution in [3.05, 3.63) is 35.1 Å². The number of guanidine groups is 1. The summed E-state index contributed by atoms with van der Waals surface area (Å²) in [7, 11) is 0. The van der Waals surface area contributed by atoms with Crippen LogP contribution in [0, 0.1) is 12.7 Å². The average molecular weight is 364 g/mol. The number of likely N-dealkylation sites (N-methyl/N-ethyl adjacent to an activating group) is 1. The Hall–Kier alpha value is -1.66. The van der Waals surface area contributed by atoms with E-state index in [9.17, 15) is 4.39 Å². The molecule has 0 saturated carbocycles. The molecule has 6 heteroatoms. The van der Waals surface area contributed by atoms with E-state index >= 15 is 0 Å². The molecule has 1 heterocycles. The Morgan fingerprint density at radius 2 is 1.88 bits per heavy atom. The molecular weight excluding hydrogens is 329 g/mol. The molecule has 1 unspecified atom stereocenters. The molecule has 1 atom stereocenters. The molecule has 1 aromatic rings. The summed E-state index contributed by atoms with van der Waals surface area (Å²) in [4.78, 5) is 9.65. The van der Waals surface area contributed by atoms with Gasteiger partial charge in [-0.3, -0.25) is 9.89 Å². The number of halogens is 1. The Bertz CT molecular complexity index is 582. The van der Waals surface area contributed by atoms with Gasteiger partial charge < -0.3 is 15.5 Å². The summed E-state index contributed by atoms with van der Waals surface area (Å²) in [6.45, 7) is 16.3. The minimum Gasteiger partial charge on any atom is -0.357 e. The highest BCUT2D eigenvalue weighted by Crippen LogP contribution is 2.16. The molecule has 1 aliphatic heterocycles. The molecule has 1 fully saturated rings. The second-order valence-corrected chi connectivity index (χ2v) is 6.91. The molecule has 0 amide bonds. The van der Waals surface area contributed by atoms with Gasteiger partial charge in [0.25, 0.3) is 0 Å². The first-order valence-electron chi connectivity index (χ1n) is 9.79. The van der Waals surface area contributed by atoms with Gasteiger partial charge in [0.1, 0.15) is 5.82 Å². The van der Waals surface area contributed by atoms with Crippen LogP contribution in [0.4, 0.5) is 4.39 Å². The van der Waals surface area contributed by atoms with Crippen LogP contribution in [0.3, 0.4) is 0 Å². The predicted octanol–water partition coefficient (Wildman–Crippen LogP) is 2.39. The Balaban J connectivity index is 1.86. The van der Waals surface area contributed by atoms with Crippen LogP contribution in [0.5, 0.6) is 0 Å². The molecule has 0 aliphatic carbocycles. The normalized spacial score (nSPS) is 18.0. The first kappa shape index (κ1) is 20.6. The number of nitrogens with zero attached hydrogens (tertiary/aromatic N) is 3. The molecule has 2 rings (SSSR count). The van der Waals surface area contributed by atoms with Crippen molar-refractivity contribution in [1.82, 2.24) is 20.4 Å². The van der Waals surface area contributed by atoms with Crippen LogP contribution in [-0.4, -0.2) is 68.1 Å². The third-order valence-corrected chi connectivity index (χ3v) is 4.99. The van der Waals surface area contributed by atoms with E-state index in [4.69, 9.17) is 4.99 Å². The van der Waals surface area contributed by atoms with Gasteiger partial charge in [-0.15, -0.1) is 0 Å². The van der Waals surface area contributed by atoms with E-state index in [1.807, 2.05) is 19.1 Å². The van der Waals surface area contributed by atoms with Crippen LogP contribution >= 0.6 is 0 Å². The third-order valence-electron chi connectivity index (χ3n) is 4.99. The Kier molecular flexibility index (Phi) is 8.32. The highest BCUT2D eigenvalue weighted by Gasteiger charge is 2.15. The number of rotatable bonds is 7. The van der Waals surface area contributed by atoms with Crippen molar-refractivity contribution < 1.29 is 4.39 Å². The Labute approximate surface area is 157 Å². The van der Waals surface area contributed by atoms with Gasteiger partial charge in [0.05, 0.1) is 12.6 Å². The molecule has 5 nitrogen and oxygen atoms in total. The number of aliphatic imine (C=N–C) groups is 1. The quantitative estimate of drug-likeness (QED) is 0.577. The minimum absolute atomic E-state index is 0.00370. The molecule has 26 heavy (non-hydrogen) atoms. The fraction of sp³-hybridized carbons (Fsp3) is 0.650. The topological polar surface area (TPSA) is 42.9 Å². The van der Waals surface area contributed by atoms with Gasteiger partial charge in [0.2, 0.25) is 0 Å². The number of nitrogens with one attached hydrogen (secondary N) is 2. The van der Waals surface area contributed by atoms with Crippen molar-refractivity contribution in [2.75, 3.05) is 52.4 Å². The van der Waals surface area contributed by atoms with E-state index in [1.165, 1.54) is 0 Å². The Morgan fingerprint density at radius 3 is 2.50 bits per heavy atom. The van der Waals surface area contributed by atoms with E-state index in [1.54, 1.807) is 13.0 Å². The molecule has 0 radical (unpaired) electrons. The van der Waals surface area contributed by atoms with E-state index in [-0.39, 0.29) is 11.9 Å². The van der Waals surface area contributed by atoms with E-state index in [0.717, 1.165) is 63.9 Å². The van der Waals surface area contributed by atoms with Gasteiger partial charge in [-0.05, 0) is 44.5 Å². The van der Waals surface area contributed by atoms with Crippen molar-refractivity contribution >= 4 is 5.96 Å². The number of piperazine rings is 1. The van der Waals surface area contributed by atoms with Crippen molar-refractivity contribution in [2.24, 2.45) is 4.99 Å². The number of hydrogen-bond acceptors (Lipinski definition) is 3. The maximum absolute atomic E-state index is 13.8. The third kappa shape index (κ3) is 6.25. The fourth-order valence-corrected chi connectivity index (χ4v) is 3.12. The molecule has 0 aromatic heterocycles. The van der Waals surface area contributed by atoms with Gasteiger partial charge in [0.15, 0.2) is 5.96 Å². The molecule has 1 aromatic carbocycles. The van der Waals surface area contributed by atoms with E-state index < -0.39 is 0 Å². The predicted molar refractivity (Wildman–Crippen MR) is 107 cm³/mol. The zero-order chi connectivity index (χ0) is 18.9. The SMILES string of the molecule is CCNC(=NCCN1CCN(CC)CC1)NC(C)c1ccc(C)c(F)c1. The van der Waals surface area contributed by atoms with Crippen LogP contribution < -0.4 is 10.6 Å². The molecule has 0 spiro atoms. The largest absolute Gasteiger partial charge is 0.357 e. The van der Waals surface area contributed by atoms with Crippen molar-refractivity contribution in [1.29, 1.82) is 0 Å². The lowest BCUT2D eigenvalue weighted by molar-refractivity contribution is 0.140. The highest BCUT2D eigenvalue weighted by atomic mass is 19.1. The molecule has 0 bridgehead atoms. The number of hydrogen-bond donors (Lipinski definition) is 2. The van der Waals surface area contributed by atoms with Gasteiger partial charge in [-0.1, -0.05) is 19.1 Å². The van der Waals surface area contributed by atoms with Crippen LogP contribution in [0.25, 0.3) is 0 Å². The van der Waals surface area contributed by atoms with E-state index in [0.29, 0.717) is 5.56 Å². The Morgan fingerprint density at radius 1 is 1.19 bits per heavy atom. The van der Waals surface area contributed by atoms with Crippen LogP contribution in [-0.2, 0) is 0 Å². The summed E-state index contributed by atoms with van der Waals surface area (Å²) in [5, 5.41) is 6.66. The van der Waals surface area contributed by atoms with Crippen LogP contribution in [0.15, 0.2) is 23.2 Å². The monoisotopic (exact) mass is 363 g/mol. The second-order valence-electron chi connectivity index (χ2n) is 6.91. The molecule has 1 aliphatic rings. The summed E-state index contributed by atoms with van der Waals surface area (Å²) in [5.41, 5.74) is 1.60. The summed E-state index contributed by atoms with van der Waals surface area (Å²) in [6.07, 6.45) is 0. The maximum atomic E-state index is 13.8. The molecular formula is C20H34FN5.